The van der Waals surface area contributed by atoms with Crippen molar-refractivity contribution < 1.29 is 13.3 Å². The van der Waals surface area contributed by atoms with Crippen LogP contribution in [0.15, 0.2) is 35.2 Å². The van der Waals surface area contributed by atoms with Gasteiger partial charge in [-0.05, 0) is 37.8 Å². The molecule has 0 radical (unpaired) electrons. The molecule has 0 spiro atoms. The van der Waals surface area contributed by atoms with E-state index in [-0.39, 0.29) is 0 Å². The van der Waals surface area contributed by atoms with Gasteiger partial charge in [-0.1, -0.05) is 24.6 Å². The van der Waals surface area contributed by atoms with E-state index in [1.54, 1.807) is 33.5 Å². The summed E-state index contributed by atoms with van der Waals surface area (Å²) in [5.41, 5.74) is 0. The molecule has 3 rings (SSSR count). The lowest BCUT2D eigenvalue weighted by Gasteiger charge is -2.37. The van der Waals surface area contributed by atoms with Crippen LogP contribution in [0.25, 0.3) is 0 Å². The molecule has 21 heavy (non-hydrogen) atoms. The third-order valence-electron chi connectivity index (χ3n) is 4.93. The lowest BCUT2D eigenvalue weighted by Crippen LogP contribution is -3.18. The maximum Gasteiger partial charge on any atom is 0.243 e. The summed E-state index contributed by atoms with van der Waals surface area (Å²) in [5, 5.41) is 0. The molecule has 116 valence electrons. The molecular weight excluding hydrogens is 284 g/mol. The zero-order valence-corrected chi connectivity index (χ0v) is 13.3. The summed E-state index contributed by atoms with van der Waals surface area (Å²) in [5.74, 6) is 0. The normalized spacial score (nSPS) is 23.2. The van der Waals surface area contributed by atoms with E-state index in [1.165, 1.54) is 32.1 Å². The summed E-state index contributed by atoms with van der Waals surface area (Å²) in [6, 6.07) is 9.57. The first kappa shape index (κ1) is 15.0. The second-order valence-corrected chi connectivity index (χ2v) is 8.15. The van der Waals surface area contributed by atoms with Crippen LogP contribution in [0.3, 0.4) is 0 Å². The molecule has 1 N–H and O–H groups in total. The summed E-state index contributed by atoms with van der Waals surface area (Å²) >= 11 is 0. The number of hydrogen-bond donors (Lipinski definition) is 1. The predicted octanol–water partition coefficient (Wildman–Crippen LogP) is 0.908. The predicted molar refractivity (Wildman–Crippen MR) is 82.8 cm³/mol. The Morgan fingerprint density at radius 3 is 2.19 bits per heavy atom. The van der Waals surface area contributed by atoms with Crippen LogP contribution in [-0.4, -0.2) is 44.9 Å². The molecule has 1 saturated carbocycles. The molecule has 0 atom stereocenters. The summed E-state index contributed by atoms with van der Waals surface area (Å²) in [4.78, 5) is 2.04. The van der Waals surface area contributed by atoms with Crippen molar-refractivity contribution in [2.75, 3.05) is 26.2 Å². The smallest absolute Gasteiger partial charge is 0.243 e. The molecule has 0 bridgehead atoms. The molecule has 1 heterocycles. The minimum absolute atomic E-state index is 0.422. The molecular formula is C16H25N2O2S+. The third-order valence-corrected chi connectivity index (χ3v) is 6.84. The zero-order valence-electron chi connectivity index (χ0n) is 12.5. The van der Waals surface area contributed by atoms with Crippen molar-refractivity contribution in [3.63, 3.8) is 0 Å². The molecule has 1 saturated heterocycles. The fourth-order valence-electron chi connectivity index (χ4n) is 3.67. The van der Waals surface area contributed by atoms with Crippen molar-refractivity contribution in [3.8, 4) is 0 Å². The number of quaternary nitrogens is 1. The molecule has 1 aromatic rings. The van der Waals surface area contributed by atoms with Crippen LogP contribution >= 0.6 is 0 Å². The van der Waals surface area contributed by atoms with Gasteiger partial charge in [-0.3, -0.25) is 0 Å². The second kappa shape index (κ2) is 6.46. The van der Waals surface area contributed by atoms with Crippen molar-refractivity contribution >= 4 is 10.0 Å². The molecule has 5 heteroatoms. The van der Waals surface area contributed by atoms with Gasteiger partial charge in [0.05, 0.1) is 37.1 Å². The van der Waals surface area contributed by atoms with E-state index < -0.39 is 10.0 Å². The first-order valence-electron chi connectivity index (χ1n) is 8.08. The molecule has 1 aliphatic heterocycles. The van der Waals surface area contributed by atoms with Crippen molar-refractivity contribution in [1.82, 2.24) is 4.31 Å². The Hall–Kier alpha value is -0.910. The van der Waals surface area contributed by atoms with Crippen LogP contribution in [0.4, 0.5) is 0 Å². The molecule has 1 aromatic carbocycles. The Kier molecular flexibility index (Phi) is 4.62. The number of hydrogen-bond acceptors (Lipinski definition) is 2. The van der Waals surface area contributed by atoms with Gasteiger partial charge in [-0.15, -0.1) is 0 Å². The molecule has 1 aliphatic carbocycles. The Morgan fingerprint density at radius 2 is 1.57 bits per heavy atom. The van der Waals surface area contributed by atoms with Gasteiger partial charge < -0.3 is 4.90 Å². The van der Waals surface area contributed by atoms with Gasteiger partial charge in [0.1, 0.15) is 0 Å². The van der Waals surface area contributed by atoms with Gasteiger partial charge in [0.15, 0.2) is 0 Å². The van der Waals surface area contributed by atoms with E-state index in [4.69, 9.17) is 0 Å². The number of nitrogens with one attached hydrogen (secondary N) is 1. The minimum Gasteiger partial charge on any atom is -0.330 e. The molecule has 2 aliphatic rings. The van der Waals surface area contributed by atoms with Crippen LogP contribution in [0.1, 0.15) is 32.1 Å². The monoisotopic (exact) mass is 309 g/mol. The highest BCUT2D eigenvalue weighted by Gasteiger charge is 2.33. The van der Waals surface area contributed by atoms with Crippen molar-refractivity contribution in [2.24, 2.45) is 0 Å². The fraction of sp³-hybridized carbons (Fsp3) is 0.625. The van der Waals surface area contributed by atoms with Crippen LogP contribution in [-0.2, 0) is 10.0 Å². The van der Waals surface area contributed by atoms with E-state index in [2.05, 4.69) is 0 Å². The number of sulfonamides is 1. The van der Waals surface area contributed by atoms with Crippen LogP contribution in [0.2, 0.25) is 0 Å². The minimum atomic E-state index is -3.30. The van der Waals surface area contributed by atoms with Crippen LogP contribution in [0, 0.1) is 0 Å². The van der Waals surface area contributed by atoms with Crippen molar-refractivity contribution in [3.05, 3.63) is 30.3 Å². The van der Waals surface area contributed by atoms with Gasteiger partial charge in [0.25, 0.3) is 0 Å². The highest BCUT2D eigenvalue weighted by Crippen LogP contribution is 2.17. The van der Waals surface area contributed by atoms with Gasteiger partial charge in [0, 0.05) is 0 Å². The Bertz CT molecular complexity index is 545. The summed E-state index contributed by atoms with van der Waals surface area (Å²) in [6.45, 7) is 3.22. The van der Waals surface area contributed by atoms with Crippen LogP contribution in [0.5, 0.6) is 0 Å². The van der Waals surface area contributed by atoms with Gasteiger partial charge in [0.2, 0.25) is 10.0 Å². The first-order chi connectivity index (χ1) is 10.2. The number of nitrogens with zero attached hydrogens (tertiary/aromatic N) is 1. The van der Waals surface area contributed by atoms with Gasteiger partial charge >= 0.3 is 0 Å². The summed E-state index contributed by atoms with van der Waals surface area (Å²) < 4.78 is 26.8. The highest BCUT2D eigenvalue weighted by molar-refractivity contribution is 7.89. The second-order valence-electron chi connectivity index (χ2n) is 6.21. The lowest BCUT2D eigenvalue weighted by molar-refractivity contribution is -0.930. The average Bonchev–Trinajstić information content (AvgIpc) is 2.57. The molecule has 4 nitrogen and oxygen atoms in total. The van der Waals surface area contributed by atoms with Crippen molar-refractivity contribution in [1.29, 1.82) is 0 Å². The molecule has 2 fully saturated rings. The third kappa shape index (κ3) is 3.30. The quantitative estimate of drug-likeness (QED) is 0.902. The Labute approximate surface area is 127 Å². The lowest BCUT2D eigenvalue weighted by atomic mass is 9.94. The fourth-order valence-corrected chi connectivity index (χ4v) is 5.14. The molecule has 0 amide bonds. The van der Waals surface area contributed by atoms with E-state index in [0.717, 1.165) is 19.1 Å². The van der Waals surface area contributed by atoms with Crippen molar-refractivity contribution in [2.45, 2.75) is 43.0 Å². The standard InChI is InChI=1S/C16H24N2O2S/c19-21(20,16-9-5-2-6-10-16)18-13-11-17(12-14-18)15-7-3-1-4-8-15/h2,5-6,9-10,15H,1,3-4,7-8,11-14H2/p+1. The first-order valence-corrected chi connectivity index (χ1v) is 9.52. The molecule has 0 unspecified atom stereocenters. The van der Waals surface area contributed by atoms with Gasteiger partial charge in [-0.25, -0.2) is 8.42 Å². The van der Waals surface area contributed by atoms with E-state index >= 15 is 0 Å². The van der Waals surface area contributed by atoms with Gasteiger partial charge in [-0.2, -0.15) is 4.31 Å². The number of benzene rings is 1. The SMILES string of the molecule is O=S(=O)(c1ccccc1)N1CC[NH+](C2CCCCC2)CC1. The van der Waals surface area contributed by atoms with E-state index in [0.29, 0.717) is 18.0 Å². The summed E-state index contributed by atoms with van der Waals surface area (Å²) in [6.07, 6.45) is 6.71. The maximum atomic E-state index is 12.6. The largest absolute Gasteiger partial charge is 0.330 e. The van der Waals surface area contributed by atoms with E-state index in [9.17, 15) is 8.42 Å². The Balaban J connectivity index is 1.63. The number of piperazine rings is 1. The number of rotatable bonds is 3. The average molecular weight is 309 g/mol. The zero-order chi connectivity index (χ0) is 14.7. The van der Waals surface area contributed by atoms with Crippen LogP contribution < -0.4 is 4.90 Å². The maximum absolute atomic E-state index is 12.6. The summed E-state index contributed by atoms with van der Waals surface area (Å²) in [7, 11) is -3.30. The highest BCUT2D eigenvalue weighted by atomic mass is 32.2. The topological polar surface area (TPSA) is 41.8 Å². The Morgan fingerprint density at radius 1 is 0.952 bits per heavy atom. The molecule has 0 aromatic heterocycles. The van der Waals surface area contributed by atoms with E-state index in [1.807, 2.05) is 6.07 Å².